The molecule has 0 aliphatic carbocycles. The molecular formula is C17H21NO2S. The molecule has 1 heterocycles. The molecule has 0 aliphatic heterocycles. The minimum Gasteiger partial charge on any atom is -0.465 e. The van der Waals surface area contributed by atoms with E-state index in [1.54, 1.807) is 11.3 Å². The summed E-state index contributed by atoms with van der Waals surface area (Å²) in [5, 5.41) is 5.35. The van der Waals surface area contributed by atoms with Gasteiger partial charge < -0.3 is 4.74 Å². The van der Waals surface area contributed by atoms with Crippen molar-refractivity contribution in [3.8, 4) is 0 Å². The third-order valence-electron chi connectivity index (χ3n) is 3.32. The Kier molecular flexibility index (Phi) is 5.53. The SMILES string of the molecule is CCOC(=O)C(NCc1cccs1)c1ccc(C)cc1C. The molecule has 1 atom stereocenters. The number of hydrogen-bond acceptors (Lipinski definition) is 4. The Labute approximate surface area is 130 Å². The molecule has 1 unspecified atom stereocenters. The predicted molar refractivity (Wildman–Crippen MR) is 86.4 cm³/mol. The van der Waals surface area contributed by atoms with Crippen LogP contribution in [0.25, 0.3) is 0 Å². The summed E-state index contributed by atoms with van der Waals surface area (Å²) in [6, 6.07) is 9.77. The predicted octanol–water partition coefficient (Wildman–Crippen LogP) is 3.76. The summed E-state index contributed by atoms with van der Waals surface area (Å²) >= 11 is 1.68. The van der Waals surface area contributed by atoms with Crippen LogP contribution in [0.2, 0.25) is 0 Å². The second-order valence-corrected chi connectivity index (χ2v) is 6.04. The minimum atomic E-state index is -0.423. The molecule has 1 N–H and O–H groups in total. The minimum absolute atomic E-state index is 0.221. The molecule has 0 radical (unpaired) electrons. The van der Waals surface area contributed by atoms with Gasteiger partial charge in [-0.15, -0.1) is 11.3 Å². The van der Waals surface area contributed by atoms with Gasteiger partial charge in [-0.05, 0) is 43.3 Å². The molecule has 21 heavy (non-hydrogen) atoms. The van der Waals surface area contributed by atoms with Crippen molar-refractivity contribution in [2.75, 3.05) is 6.61 Å². The lowest BCUT2D eigenvalue weighted by Crippen LogP contribution is -2.30. The second kappa shape index (κ2) is 7.38. The van der Waals surface area contributed by atoms with Gasteiger partial charge in [0.1, 0.15) is 6.04 Å². The maximum absolute atomic E-state index is 12.3. The lowest BCUT2D eigenvalue weighted by molar-refractivity contribution is -0.145. The highest BCUT2D eigenvalue weighted by molar-refractivity contribution is 7.09. The third kappa shape index (κ3) is 4.16. The zero-order chi connectivity index (χ0) is 15.2. The fraction of sp³-hybridized carbons (Fsp3) is 0.353. The van der Waals surface area contributed by atoms with Gasteiger partial charge in [-0.1, -0.05) is 29.8 Å². The number of benzene rings is 1. The van der Waals surface area contributed by atoms with E-state index in [1.165, 1.54) is 10.4 Å². The molecule has 0 spiro atoms. The van der Waals surface area contributed by atoms with E-state index in [4.69, 9.17) is 4.74 Å². The van der Waals surface area contributed by atoms with Gasteiger partial charge in [0.25, 0.3) is 0 Å². The Morgan fingerprint density at radius 2 is 2.14 bits per heavy atom. The zero-order valence-corrected chi connectivity index (χ0v) is 13.5. The van der Waals surface area contributed by atoms with Gasteiger partial charge in [0.15, 0.2) is 0 Å². The molecule has 0 saturated heterocycles. The van der Waals surface area contributed by atoms with Crippen molar-refractivity contribution in [1.29, 1.82) is 0 Å². The second-order valence-electron chi connectivity index (χ2n) is 5.01. The maximum Gasteiger partial charge on any atom is 0.327 e. The average molecular weight is 303 g/mol. The van der Waals surface area contributed by atoms with Crippen LogP contribution in [0.15, 0.2) is 35.7 Å². The largest absolute Gasteiger partial charge is 0.465 e. The van der Waals surface area contributed by atoms with E-state index < -0.39 is 6.04 Å². The topological polar surface area (TPSA) is 38.3 Å². The quantitative estimate of drug-likeness (QED) is 0.826. The number of esters is 1. The number of nitrogens with one attached hydrogen (secondary N) is 1. The monoisotopic (exact) mass is 303 g/mol. The summed E-state index contributed by atoms with van der Waals surface area (Å²) in [4.78, 5) is 13.5. The molecule has 1 aromatic carbocycles. The van der Waals surface area contributed by atoms with Gasteiger partial charge in [0.2, 0.25) is 0 Å². The zero-order valence-electron chi connectivity index (χ0n) is 12.7. The lowest BCUT2D eigenvalue weighted by atomic mass is 9.99. The van der Waals surface area contributed by atoms with Crippen LogP contribution >= 0.6 is 11.3 Å². The fourth-order valence-electron chi connectivity index (χ4n) is 2.31. The Balaban J connectivity index is 2.20. The molecular weight excluding hydrogens is 282 g/mol. The van der Waals surface area contributed by atoms with Crippen molar-refractivity contribution in [1.82, 2.24) is 5.32 Å². The van der Waals surface area contributed by atoms with E-state index in [0.29, 0.717) is 13.2 Å². The standard InChI is InChI=1S/C17H21NO2S/c1-4-20-17(19)16(18-11-14-6-5-9-21-14)15-8-7-12(2)10-13(15)3/h5-10,16,18H,4,11H2,1-3H3. The van der Waals surface area contributed by atoms with Crippen LogP contribution in [0.5, 0.6) is 0 Å². The van der Waals surface area contributed by atoms with Crippen LogP contribution in [0, 0.1) is 13.8 Å². The Bertz CT molecular complexity index is 593. The van der Waals surface area contributed by atoms with Crippen molar-refractivity contribution < 1.29 is 9.53 Å². The summed E-state index contributed by atoms with van der Waals surface area (Å²) in [5.74, 6) is -0.221. The molecule has 4 heteroatoms. The number of carbonyl (C=O) groups excluding carboxylic acids is 1. The molecule has 0 bridgehead atoms. The van der Waals surface area contributed by atoms with Crippen molar-refractivity contribution in [2.45, 2.75) is 33.4 Å². The normalized spacial score (nSPS) is 12.1. The summed E-state index contributed by atoms with van der Waals surface area (Å²) in [5.41, 5.74) is 3.28. The lowest BCUT2D eigenvalue weighted by Gasteiger charge is -2.19. The van der Waals surface area contributed by atoms with Crippen LogP contribution < -0.4 is 5.32 Å². The highest BCUT2D eigenvalue weighted by Gasteiger charge is 2.23. The van der Waals surface area contributed by atoms with Crippen LogP contribution in [-0.2, 0) is 16.1 Å². The maximum atomic E-state index is 12.3. The van der Waals surface area contributed by atoms with Gasteiger partial charge in [-0.2, -0.15) is 0 Å². The molecule has 112 valence electrons. The molecule has 0 saturated carbocycles. The Morgan fingerprint density at radius 3 is 2.76 bits per heavy atom. The summed E-state index contributed by atoms with van der Waals surface area (Å²) in [6.07, 6.45) is 0. The first kappa shape index (κ1) is 15.7. The number of carbonyl (C=O) groups is 1. The number of rotatable bonds is 6. The number of thiophene rings is 1. The highest BCUT2D eigenvalue weighted by Crippen LogP contribution is 2.21. The molecule has 3 nitrogen and oxygen atoms in total. The van der Waals surface area contributed by atoms with E-state index >= 15 is 0 Å². The molecule has 1 aromatic heterocycles. The Morgan fingerprint density at radius 1 is 1.33 bits per heavy atom. The summed E-state index contributed by atoms with van der Waals surface area (Å²) < 4.78 is 5.22. The molecule has 2 rings (SSSR count). The van der Waals surface area contributed by atoms with E-state index in [-0.39, 0.29) is 5.97 Å². The van der Waals surface area contributed by atoms with Crippen LogP contribution in [0.3, 0.4) is 0 Å². The number of ether oxygens (including phenoxy) is 1. The van der Waals surface area contributed by atoms with Crippen LogP contribution in [-0.4, -0.2) is 12.6 Å². The van der Waals surface area contributed by atoms with Crippen molar-refractivity contribution in [2.24, 2.45) is 0 Å². The highest BCUT2D eigenvalue weighted by atomic mass is 32.1. The van der Waals surface area contributed by atoms with Crippen molar-refractivity contribution >= 4 is 17.3 Å². The average Bonchev–Trinajstić information content (AvgIpc) is 2.94. The van der Waals surface area contributed by atoms with Gasteiger partial charge in [-0.3, -0.25) is 5.32 Å². The van der Waals surface area contributed by atoms with Gasteiger partial charge in [0, 0.05) is 11.4 Å². The van der Waals surface area contributed by atoms with Crippen LogP contribution in [0.4, 0.5) is 0 Å². The fourth-order valence-corrected chi connectivity index (χ4v) is 2.97. The molecule has 0 aliphatic rings. The van der Waals surface area contributed by atoms with Gasteiger partial charge >= 0.3 is 5.97 Å². The van der Waals surface area contributed by atoms with Crippen molar-refractivity contribution in [3.63, 3.8) is 0 Å². The number of hydrogen-bond donors (Lipinski definition) is 1. The third-order valence-corrected chi connectivity index (χ3v) is 4.20. The van der Waals surface area contributed by atoms with E-state index in [1.807, 2.05) is 37.4 Å². The van der Waals surface area contributed by atoms with Gasteiger partial charge in [0.05, 0.1) is 6.61 Å². The van der Waals surface area contributed by atoms with E-state index in [2.05, 4.69) is 24.4 Å². The summed E-state index contributed by atoms with van der Waals surface area (Å²) in [7, 11) is 0. The van der Waals surface area contributed by atoms with E-state index in [0.717, 1.165) is 11.1 Å². The first-order valence-electron chi connectivity index (χ1n) is 7.11. The summed E-state index contributed by atoms with van der Waals surface area (Å²) in [6.45, 7) is 6.96. The van der Waals surface area contributed by atoms with Crippen molar-refractivity contribution in [3.05, 3.63) is 57.3 Å². The first-order valence-corrected chi connectivity index (χ1v) is 7.99. The van der Waals surface area contributed by atoms with Crippen LogP contribution in [0.1, 0.15) is 34.5 Å². The first-order chi connectivity index (χ1) is 10.1. The molecule has 0 fully saturated rings. The molecule has 0 amide bonds. The molecule has 2 aromatic rings. The van der Waals surface area contributed by atoms with Gasteiger partial charge in [-0.25, -0.2) is 4.79 Å². The smallest absolute Gasteiger partial charge is 0.327 e. The number of aryl methyl sites for hydroxylation is 2. The Hall–Kier alpha value is -1.65. The van der Waals surface area contributed by atoms with E-state index in [9.17, 15) is 4.79 Å².